The Kier molecular flexibility index (Phi) is 4.66. The van der Waals surface area contributed by atoms with Gasteiger partial charge >= 0.3 is 0 Å². The number of hydrogen-bond acceptors (Lipinski definition) is 2. The molecule has 0 aliphatic rings. The van der Waals surface area contributed by atoms with E-state index in [1.165, 1.54) is 10.4 Å². The van der Waals surface area contributed by atoms with Crippen LogP contribution in [0.1, 0.15) is 16.5 Å². The topological polar surface area (TPSA) is 12.0 Å². The lowest BCUT2D eigenvalue weighted by Gasteiger charge is -2.14. The molecule has 1 aromatic heterocycles. The lowest BCUT2D eigenvalue weighted by molar-refractivity contribution is 0.704. The fraction of sp³-hybridized carbons (Fsp3) is 0.167. The molecule has 0 aliphatic carbocycles. The third-order valence-corrected chi connectivity index (χ3v) is 6.01. The minimum atomic E-state index is 0.194. The van der Waals surface area contributed by atoms with Gasteiger partial charge in [-0.25, -0.2) is 0 Å². The number of hydrogen-bond donors (Lipinski definition) is 1. The van der Waals surface area contributed by atoms with Crippen molar-refractivity contribution in [2.75, 3.05) is 7.05 Å². The molecular weight excluding hydrogens is 385 g/mol. The second kappa shape index (κ2) is 5.85. The highest BCUT2D eigenvalue weighted by molar-refractivity contribution is 9.13. The molecule has 0 aliphatic heterocycles. The molecule has 17 heavy (non-hydrogen) atoms. The standard InChI is InChI=1S/C12H10Br2ClNS/c1-16-11(7-2-4-8(15)5-3-7)10-6-9(13)12(14)17-10/h2-6,11,16H,1H3. The van der Waals surface area contributed by atoms with Crippen molar-refractivity contribution >= 4 is 54.8 Å². The van der Waals surface area contributed by atoms with Crippen LogP contribution in [0.2, 0.25) is 5.02 Å². The number of nitrogens with one attached hydrogen (secondary N) is 1. The van der Waals surface area contributed by atoms with Crippen LogP contribution in [-0.4, -0.2) is 7.05 Å². The van der Waals surface area contributed by atoms with Crippen molar-refractivity contribution in [3.05, 3.63) is 54.1 Å². The van der Waals surface area contributed by atoms with Crippen molar-refractivity contribution < 1.29 is 0 Å². The highest BCUT2D eigenvalue weighted by Gasteiger charge is 2.15. The fourth-order valence-corrected chi connectivity index (χ4v) is 3.99. The van der Waals surface area contributed by atoms with Crippen molar-refractivity contribution in [3.8, 4) is 0 Å². The van der Waals surface area contributed by atoms with Gasteiger partial charge in [-0.15, -0.1) is 11.3 Å². The molecule has 0 amide bonds. The molecule has 90 valence electrons. The summed E-state index contributed by atoms with van der Waals surface area (Å²) in [5, 5.41) is 4.08. The van der Waals surface area contributed by atoms with E-state index in [0.29, 0.717) is 0 Å². The number of benzene rings is 1. The molecule has 1 heterocycles. The summed E-state index contributed by atoms with van der Waals surface area (Å²) >= 11 is 14.7. The summed E-state index contributed by atoms with van der Waals surface area (Å²) in [5.74, 6) is 0. The second-order valence-corrected chi connectivity index (χ2v) is 7.24. The summed E-state index contributed by atoms with van der Waals surface area (Å²) in [6, 6.07) is 10.2. The average Bonchev–Trinajstić information content (AvgIpc) is 2.63. The molecule has 0 radical (unpaired) electrons. The van der Waals surface area contributed by atoms with E-state index in [1.807, 2.05) is 31.3 Å². The van der Waals surface area contributed by atoms with Crippen LogP contribution in [0.15, 0.2) is 38.6 Å². The van der Waals surface area contributed by atoms with Gasteiger partial charge < -0.3 is 5.32 Å². The van der Waals surface area contributed by atoms with Gasteiger partial charge in [-0.3, -0.25) is 0 Å². The zero-order valence-corrected chi connectivity index (χ0v) is 13.8. The molecule has 2 rings (SSSR count). The summed E-state index contributed by atoms with van der Waals surface area (Å²) in [4.78, 5) is 1.26. The Morgan fingerprint density at radius 2 is 1.88 bits per heavy atom. The fourth-order valence-electron chi connectivity index (χ4n) is 1.63. The molecule has 0 spiro atoms. The Hall–Kier alpha value is 0.130. The van der Waals surface area contributed by atoms with Crippen molar-refractivity contribution in [2.45, 2.75) is 6.04 Å². The van der Waals surface area contributed by atoms with Gasteiger partial charge in [0.25, 0.3) is 0 Å². The molecule has 1 atom stereocenters. The molecule has 0 fully saturated rings. The van der Waals surface area contributed by atoms with Gasteiger partial charge in [0.15, 0.2) is 0 Å². The van der Waals surface area contributed by atoms with Crippen molar-refractivity contribution in [3.63, 3.8) is 0 Å². The first-order chi connectivity index (χ1) is 8.11. The molecule has 0 saturated carbocycles. The molecule has 0 saturated heterocycles. The minimum Gasteiger partial charge on any atom is -0.309 e. The highest BCUT2D eigenvalue weighted by atomic mass is 79.9. The van der Waals surface area contributed by atoms with Gasteiger partial charge in [0.05, 0.1) is 9.83 Å². The first-order valence-corrected chi connectivity index (χ1v) is 7.77. The van der Waals surface area contributed by atoms with Crippen LogP contribution in [0.25, 0.3) is 0 Å². The summed E-state index contributed by atoms with van der Waals surface area (Å²) in [7, 11) is 1.96. The van der Waals surface area contributed by atoms with Crippen LogP contribution in [0.5, 0.6) is 0 Å². The van der Waals surface area contributed by atoms with Gasteiger partial charge in [-0.2, -0.15) is 0 Å². The van der Waals surface area contributed by atoms with E-state index in [0.717, 1.165) is 13.3 Å². The van der Waals surface area contributed by atoms with Crippen LogP contribution in [0.4, 0.5) is 0 Å². The van der Waals surface area contributed by atoms with Gasteiger partial charge in [-0.1, -0.05) is 23.7 Å². The first kappa shape index (κ1) is 13.6. The quantitative estimate of drug-likeness (QED) is 0.750. The maximum atomic E-state index is 5.90. The van der Waals surface area contributed by atoms with Crippen LogP contribution in [-0.2, 0) is 0 Å². The van der Waals surface area contributed by atoms with Gasteiger partial charge in [0.2, 0.25) is 0 Å². The molecule has 1 nitrogen and oxygen atoms in total. The Morgan fingerprint density at radius 1 is 1.24 bits per heavy atom. The van der Waals surface area contributed by atoms with E-state index in [9.17, 15) is 0 Å². The second-order valence-electron chi connectivity index (χ2n) is 3.54. The normalized spacial score (nSPS) is 12.7. The van der Waals surface area contributed by atoms with Crippen LogP contribution < -0.4 is 5.32 Å². The molecule has 2 aromatic rings. The lowest BCUT2D eigenvalue weighted by atomic mass is 10.1. The zero-order valence-electron chi connectivity index (χ0n) is 9.01. The summed E-state index contributed by atoms with van der Waals surface area (Å²) in [6.45, 7) is 0. The predicted molar refractivity (Wildman–Crippen MR) is 82.1 cm³/mol. The Balaban J connectivity index is 2.36. The van der Waals surface area contributed by atoms with Gasteiger partial charge in [-0.05, 0) is 62.7 Å². The average molecular weight is 396 g/mol. The molecule has 1 aromatic carbocycles. The third-order valence-electron chi connectivity index (χ3n) is 2.44. The Morgan fingerprint density at radius 3 is 2.35 bits per heavy atom. The van der Waals surface area contributed by atoms with Gasteiger partial charge in [0, 0.05) is 14.4 Å². The molecule has 0 bridgehead atoms. The van der Waals surface area contributed by atoms with E-state index >= 15 is 0 Å². The Bertz CT molecular complexity index is 490. The van der Waals surface area contributed by atoms with E-state index in [-0.39, 0.29) is 6.04 Å². The number of thiophene rings is 1. The van der Waals surface area contributed by atoms with E-state index < -0.39 is 0 Å². The highest BCUT2D eigenvalue weighted by Crippen LogP contribution is 2.37. The maximum Gasteiger partial charge on any atom is 0.0843 e. The summed E-state index contributed by atoms with van der Waals surface area (Å²) in [5.41, 5.74) is 1.21. The predicted octanol–water partition coefficient (Wildman–Crippen LogP) is 5.24. The van der Waals surface area contributed by atoms with Gasteiger partial charge in [0.1, 0.15) is 0 Å². The van der Waals surface area contributed by atoms with E-state index in [4.69, 9.17) is 11.6 Å². The lowest BCUT2D eigenvalue weighted by Crippen LogP contribution is -2.16. The monoisotopic (exact) mass is 393 g/mol. The first-order valence-electron chi connectivity index (χ1n) is 4.99. The van der Waals surface area contributed by atoms with Crippen LogP contribution in [0.3, 0.4) is 0 Å². The van der Waals surface area contributed by atoms with Crippen molar-refractivity contribution in [2.24, 2.45) is 0 Å². The van der Waals surface area contributed by atoms with Crippen molar-refractivity contribution in [1.82, 2.24) is 5.32 Å². The minimum absolute atomic E-state index is 0.194. The van der Waals surface area contributed by atoms with E-state index in [2.05, 4.69) is 43.2 Å². The van der Waals surface area contributed by atoms with Crippen LogP contribution >= 0.6 is 54.8 Å². The zero-order chi connectivity index (χ0) is 12.4. The smallest absolute Gasteiger partial charge is 0.0843 e. The molecule has 1 N–H and O–H groups in total. The number of rotatable bonds is 3. The molecule has 1 unspecified atom stereocenters. The Labute approximate surface area is 126 Å². The van der Waals surface area contributed by atoms with Crippen molar-refractivity contribution in [1.29, 1.82) is 0 Å². The SMILES string of the molecule is CNC(c1ccc(Cl)cc1)c1cc(Br)c(Br)s1. The summed E-state index contributed by atoms with van der Waals surface area (Å²) < 4.78 is 2.20. The molecule has 5 heteroatoms. The van der Waals surface area contributed by atoms with E-state index in [1.54, 1.807) is 11.3 Å². The van der Waals surface area contributed by atoms with Crippen LogP contribution in [0, 0.1) is 0 Å². The molecular formula is C12H10Br2ClNS. The maximum absolute atomic E-state index is 5.90. The number of halogens is 3. The third kappa shape index (κ3) is 3.12. The largest absolute Gasteiger partial charge is 0.309 e. The summed E-state index contributed by atoms with van der Waals surface area (Å²) in [6.07, 6.45) is 0.